The number of hydrogen-bond acceptors (Lipinski definition) is 2. The molecule has 0 aromatic carbocycles. The molecule has 1 aliphatic heterocycles. The Morgan fingerprint density at radius 2 is 1.85 bits per heavy atom. The minimum absolute atomic E-state index is 0.206. The van der Waals surface area contributed by atoms with Crippen molar-refractivity contribution < 1.29 is 14.7 Å². The first-order valence-corrected chi connectivity index (χ1v) is 7.43. The second kappa shape index (κ2) is 6.02. The van der Waals surface area contributed by atoms with Crippen LogP contribution in [0.5, 0.6) is 0 Å². The highest BCUT2D eigenvalue weighted by Crippen LogP contribution is 2.37. The lowest BCUT2D eigenvalue weighted by molar-refractivity contribution is -0.142. The molecule has 0 aromatic rings. The minimum Gasteiger partial charge on any atom is -0.480 e. The predicted octanol–water partition coefficient (Wildman–Crippen LogP) is 2.71. The summed E-state index contributed by atoms with van der Waals surface area (Å²) in [5.74, 6) is -0.984. The van der Waals surface area contributed by atoms with Crippen molar-refractivity contribution >= 4 is 12.0 Å². The summed E-state index contributed by atoms with van der Waals surface area (Å²) < 4.78 is 0. The van der Waals surface area contributed by atoms with Gasteiger partial charge in [-0.2, -0.15) is 0 Å². The van der Waals surface area contributed by atoms with E-state index in [1.165, 1.54) is 0 Å². The molecule has 0 aromatic heterocycles. The first-order valence-electron chi connectivity index (χ1n) is 7.43. The fraction of sp³-hybridized carbons (Fsp3) is 0.867. The minimum atomic E-state index is -0.984. The van der Waals surface area contributed by atoms with Crippen molar-refractivity contribution in [2.24, 2.45) is 10.8 Å². The van der Waals surface area contributed by atoms with Crippen LogP contribution >= 0.6 is 0 Å². The SMILES string of the molecule is CCC1(CC)CCN(C(=O)N[C@H](C(=O)O)C(C)(C)C)C1. The molecule has 116 valence electrons. The first-order chi connectivity index (χ1) is 9.15. The molecule has 0 radical (unpaired) electrons. The number of nitrogens with zero attached hydrogens (tertiary/aromatic N) is 1. The third-order valence-corrected chi connectivity index (χ3v) is 4.61. The summed E-state index contributed by atoms with van der Waals surface area (Å²) in [6, 6.07) is -1.12. The van der Waals surface area contributed by atoms with E-state index in [0.29, 0.717) is 6.54 Å². The number of aliphatic carboxylic acids is 1. The summed E-state index contributed by atoms with van der Waals surface area (Å²) >= 11 is 0. The maximum absolute atomic E-state index is 12.3. The van der Waals surface area contributed by atoms with Crippen LogP contribution in [0.4, 0.5) is 4.79 Å². The van der Waals surface area contributed by atoms with E-state index in [2.05, 4.69) is 19.2 Å². The Bertz CT molecular complexity index is 370. The smallest absolute Gasteiger partial charge is 0.326 e. The Morgan fingerprint density at radius 1 is 1.30 bits per heavy atom. The molecule has 0 unspecified atom stereocenters. The van der Waals surface area contributed by atoms with Crippen molar-refractivity contribution in [2.45, 2.75) is 59.9 Å². The van der Waals surface area contributed by atoms with Crippen LogP contribution in [0.25, 0.3) is 0 Å². The van der Waals surface area contributed by atoms with Crippen molar-refractivity contribution in [1.29, 1.82) is 0 Å². The fourth-order valence-electron chi connectivity index (χ4n) is 2.80. The molecule has 1 heterocycles. The Hall–Kier alpha value is -1.26. The van der Waals surface area contributed by atoms with Gasteiger partial charge in [0.2, 0.25) is 0 Å². The van der Waals surface area contributed by atoms with Gasteiger partial charge < -0.3 is 15.3 Å². The van der Waals surface area contributed by atoms with E-state index in [9.17, 15) is 14.7 Å². The summed E-state index contributed by atoms with van der Waals surface area (Å²) in [6.45, 7) is 11.2. The molecule has 1 saturated heterocycles. The Kier molecular flexibility index (Phi) is 5.05. The highest BCUT2D eigenvalue weighted by Gasteiger charge is 2.39. The normalized spacial score (nSPS) is 19.8. The van der Waals surface area contributed by atoms with Gasteiger partial charge in [-0.1, -0.05) is 34.6 Å². The summed E-state index contributed by atoms with van der Waals surface area (Å²) in [5, 5.41) is 11.9. The van der Waals surface area contributed by atoms with Crippen molar-refractivity contribution in [3.8, 4) is 0 Å². The maximum Gasteiger partial charge on any atom is 0.326 e. The van der Waals surface area contributed by atoms with Crippen LogP contribution < -0.4 is 5.32 Å². The molecule has 1 atom stereocenters. The van der Waals surface area contributed by atoms with E-state index in [0.717, 1.165) is 25.8 Å². The lowest BCUT2D eigenvalue weighted by atomic mass is 9.82. The van der Waals surface area contributed by atoms with E-state index < -0.39 is 17.4 Å². The molecule has 5 heteroatoms. The summed E-state index contributed by atoms with van der Waals surface area (Å²) in [5.41, 5.74) is -0.300. The van der Waals surface area contributed by atoms with Crippen LogP contribution in [-0.2, 0) is 4.79 Å². The van der Waals surface area contributed by atoms with Gasteiger partial charge in [0, 0.05) is 13.1 Å². The monoisotopic (exact) mass is 284 g/mol. The molecule has 1 rings (SSSR count). The number of urea groups is 1. The van der Waals surface area contributed by atoms with Gasteiger partial charge in [0.15, 0.2) is 0 Å². The number of nitrogens with one attached hydrogen (secondary N) is 1. The average Bonchev–Trinajstić information content (AvgIpc) is 2.79. The van der Waals surface area contributed by atoms with Crippen molar-refractivity contribution in [3.63, 3.8) is 0 Å². The van der Waals surface area contributed by atoms with Gasteiger partial charge in [-0.25, -0.2) is 9.59 Å². The third-order valence-electron chi connectivity index (χ3n) is 4.61. The van der Waals surface area contributed by atoms with Crippen molar-refractivity contribution in [3.05, 3.63) is 0 Å². The van der Waals surface area contributed by atoms with Gasteiger partial charge in [0.25, 0.3) is 0 Å². The molecule has 0 bridgehead atoms. The molecule has 0 spiro atoms. The number of carbonyl (C=O) groups excluding carboxylic acids is 1. The highest BCUT2D eigenvalue weighted by atomic mass is 16.4. The van der Waals surface area contributed by atoms with Crippen molar-refractivity contribution in [1.82, 2.24) is 10.2 Å². The average molecular weight is 284 g/mol. The second-order valence-corrected chi connectivity index (χ2v) is 6.97. The van der Waals surface area contributed by atoms with Gasteiger partial charge in [0.05, 0.1) is 0 Å². The predicted molar refractivity (Wildman–Crippen MR) is 78.6 cm³/mol. The lowest BCUT2D eigenvalue weighted by Crippen LogP contribution is -2.53. The Balaban J connectivity index is 2.70. The number of hydrogen-bond donors (Lipinski definition) is 2. The third kappa shape index (κ3) is 3.64. The van der Waals surface area contributed by atoms with E-state index in [4.69, 9.17) is 0 Å². The number of rotatable bonds is 4. The molecular formula is C15H28N2O3. The first kappa shape index (κ1) is 16.8. The van der Waals surface area contributed by atoms with E-state index in [-0.39, 0.29) is 11.4 Å². The van der Waals surface area contributed by atoms with Gasteiger partial charge in [-0.05, 0) is 30.1 Å². The highest BCUT2D eigenvalue weighted by molar-refractivity contribution is 5.83. The number of carboxylic acids is 1. The van der Waals surface area contributed by atoms with Gasteiger partial charge in [0.1, 0.15) is 6.04 Å². The lowest BCUT2D eigenvalue weighted by Gasteiger charge is -2.31. The Labute approximate surface area is 121 Å². The van der Waals surface area contributed by atoms with Gasteiger partial charge >= 0.3 is 12.0 Å². The zero-order chi connectivity index (χ0) is 15.6. The van der Waals surface area contributed by atoms with E-state index in [1.54, 1.807) is 4.90 Å². The topological polar surface area (TPSA) is 69.6 Å². The van der Waals surface area contributed by atoms with E-state index >= 15 is 0 Å². The molecule has 1 aliphatic rings. The zero-order valence-corrected chi connectivity index (χ0v) is 13.3. The maximum atomic E-state index is 12.3. The number of carboxylic acid groups (broad SMARTS) is 1. The molecule has 0 aliphatic carbocycles. The summed E-state index contributed by atoms with van der Waals surface area (Å²) in [7, 11) is 0. The van der Waals surface area contributed by atoms with Gasteiger partial charge in [-0.3, -0.25) is 0 Å². The molecule has 20 heavy (non-hydrogen) atoms. The molecule has 1 fully saturated rings. The Morgan fingerprint density at radius 3 is 2.20 bits per heavy atom. The van der Waals surface area contributed by atoms with Crippen LogP contribution in [0.15, 0.2) is 0 Å². The van der Waals surface area contributed by atoms with Crippen LogP contribution in [-0.4, -0.2) is 41.1 Å². The van der Waals surface area contributed by atoms with E-state index in [1.807, 2.05) is 20.8 Å². The van der Waals surface area contributed by atoms with Gasteiger partial charge in [-0.15, -0.1) is 0 Å². The fourth-order valence-corrected chi connectivity index (χ4v) is 2.80. The van der Waals surface area contributed by atoms with Crippen LogP contribution in [0.3, 0.4) is 0 Å². The largest absolute Gasteiger partial charge is 0.480 e. The molecule has 2 amide bonds. The van der Waals surface area contributed by atoms with Crippen molar-refractivity contribution in [2.75, 3.05) is 13.1 Å². The molecule has 2 N–H and O–H groups in total. The van der Waals surface area contributed by atoms with Crippen LogP contribution in [0.1, 0.15) is 53.9 Å². The second-order valence-electron chi connectivity index (χ2n) is 6.97. The number of likely N-dealkylation sites (tertiary alicyclic amines) is 1. The van der Waals surface area contributed by atoms with Crippen LogP contribution in [0, 0.1) is 10.8 Å². The summed E-state index contributed by atoms with van der Waals surface area (Å²) in [4.78, 5) is 25.3. The summed E-state index contributed by atoms with van der Waals surface area (Å²) in [6.07, 6.45) is 3.10. The molecular weight excluding hydrogens is 256 g/mol. The number of carbonyl (C=O) groups is 2. The zero-order valence-electron chi connectivity index (χ0n) is 13.3. The quantitative estimate of drug-likeness (QED) is 0.834. The molecule has 5 nitrogen and oxygen atoms in total. The molecule has 0 saturated carbocycles. The number of amides is 2. The standard InChI is InChI=1S/C15H28N2O3/c1-6-15(7-2)8-9-17(10-15)13(20)16-11(12(18)19)14(3,4)5/h11H,6-10H2,1-5H3,(H,16,20)(H,18,19)/t11-/m1/s1. The van der Waals surface area contributed by atoms with Crippen LogP contribution in [0.2, 0.25) is 0 Å².